The van der Waals surface area contributed by atoms with Crippen molar-refractivity contribution in [2.75, 3.05) is 33.2 Å². The van der Waals surface area contributed by atoms with Crippen LogP contribution in [0.1, 0.15) is 24.8 Å². The van der Waals surface area contributed by atoms with Gasteiger partial charge in [-0.1, -0.05) is 6.07 Å². The number of urea groups is 1. The van der Waals surface area contributed by atoms with E-state index in [-0.39, 0.29) is 6.03 Å². The molecule has 6 heteroatoms. The Balaban J connectivity index is 1.49. The predicted octanol–water partition coefficient (Wildman–Crippen LogP) is 2.84. The first kappa shape index (κ1) is 17.1. The molecular formula is C18H25F2N3O. The van der Waals surface area contributed by atoms with Crippen LogP contribution in [-0.2, 0) is 6.54 Å². The number of likely N-dealkylation sites (tertiary alicyclic amines) is 2. The summed E-state index contributed by atoms with van der Waals surface area (Å²) in [6.07, 6.45) is 3.25. The molecule has 1 atom stereocenters. The molecule has 1 aromatic rings. The summed E-state index contributed by atoms with van der Waals surface area (Å²) in [5.74, 6) is -0.270. The van der Waals surface area contributed by atoms with Crippen molar-refractivity contribution in [3.63, 3.8) is 0 Å². The van der Waals surface area contributed by atoms with Gasteiger partial charge >= 0.3 is 6.03 Å². The lowest BCUT2D eigenvalue weighted by Crippen LogP contribution is -2.44. The van der Waals surface area contributed by atoms with Crippen LogP contribution in [0.5, 0.6) is 0 Å². The zero-order valence-corrected chi connectivity index (χ0v) is 14.1. The summed E-state index contributed by atoms with van der Waals surface area (Å²) in [6, 6.07) is 4.17. The molecule has 2 amide bonds. The molecule has 1 aromatic carbocycles. The van der Waals surface area contributed by atoms with Crippen LogP contribution in [0.2, 0.25) is 0 Å². The number of nitrogens with zero attached hydrogens (tertiary/aromatic N) is 2. The summed E-state index contributed by atoms with van der Waals surface area (Å²) in [7, 11) is 1.67. The van der Waals surface area contributed by atoms with E-state index in [1.807, 2.05) is 4.90 Å². The molecule has 2 fully saturated rings. The summed E-state index contributed by atoms with van der Waals surface area (Å²) in [6.45, 7) is 4.32. The van der Waals surface area contributed by atoms with Gasteiger partial charge in [-0.2, -0.15) is 0 Å². The van der Waals surface area contributed by atoms with E-state index in [0.29, 0.717) is 18.4 Å². The number of carbonyl (C=O) groups excluding carboxylic acids is 1. The maximum absolute atomic E-state index is 13.3. The van der Waals surface area contributed by atoms with E-state index in [1.54, 1.807) is 13.1 Å². The van der Waals surface area contributed by atoms with E-state index in [0.717, 1.165) is 51.0 Å². The van der Waals surface area contributed by atoms with Crippen LogP contribution in [0.3, 0.4) is 0 Å². The van der Waals surface area contributed by atoms with Gasteiger partial charge in [-0.05, 0) is 55.3 Å². The summed E-state index contributed by atoms with van der Waals surface area (Å²) < 4.78 is 26.3. The van der Waals surface area contributed by atoms with Crippen LogP contribution < -0.4 is 5.32 Å². The monoisotopic (exact) mass is 337 g/mol. The number of nitrogens with one attached hydrogen (secondary N) is 1. The Morgan fingerprint density at radius 2 is 1.83 bits per heavy atom. The predicted molar refractivity (Wildman–Crippen MR) is 88.5 cm³/mol. The highest BCUT2D eigenvalue weighted by molar-refractivity contribution is 5.73. The minimum absolute atomic E-state index is 0.0137. The van der Waals surface area contributed by atoms with Crippen molar-refractivity contribution in [3.8, 4) is 0 Å². The first-order valence-electron chi connectivity index (χ1n) is 8.69. The van der Waals surface area contributed by atoms with Gasteiger partial charge in [0.1, 0.15) is 0 Å². The third-order valence-corrected chi connectivity index (χ3v) is 5.41. The van der Waals surface area contributed by atoms with Crippen LogP contribution in [0.4, 0.5) is 13.6 Å². The number of carbonyl (C=O) groups is 1. The number of piperidine rings is 1. The van der Waals surface area contributed by atoms with E-state index in [1.165, 1.54) is 12.1 Å². The molecule has 0 saturated carbocycles. The summed E-state index contributed by atoms with van der Waals surface area (Å²) in [4.78, 5) is 15.9. The molecule has 0 aliphatic carbocycles. The molecule has 1 N–H and O–H groups in total. The third-order valence-electron chi connectivity index (χ3n) is 5.41. The highest BCUT2D eigenvalue weighted by atomic mass is 19.2. The van der Waals surface area contributed by atoms with Crippen molar-refractivity contribution in [2.24, 2.45) is 11.8 Å². The fourth-order valence-electron chi connectivity index (χ4n) is 4.02. The minimum Gasteiger partial charge on any atom is -0.341 e. The lowest BCUT2D eigenvalue weighted by molar-refractivity contribution is 0.150. The zero-order chi connectivity index (χ0) is 17.1. The number of amides is 2. The van der Waals surface area contributed by atoms with Gasteiger partial charge in [-0.3, -0.25) is 4.90 Å². The number of benzene rings is 1. The fourth-order valence-corrected chi connectivity index (χ4v) is 4.02. The third kappa shape index (κ3) is 3.86. The Morgan fingerprint density at radius 3 is 2.50 bits per heavy atom. The van der Waals surface area contributed by atoms with Crippen LogP contribution in [-0.4, -0.2) is 49.1 Å². The van der Waals surface area contributed by atoms with Crippen molar-refractivity contribution in [1.82, 2.24) is 15.1 Å². The van der Waals surface area contributed by atoms with E-state index >= 15 is 0 Å². The average molecular weight is 337 g/mol. The lowest BCUT2D eigenvalue weighted by Gasteiger charge is -2.34. The van der Waals surface area contributed by atoms with Crippen molar-refractivity contribution in [1.29, 1.82) is 0 Å². The topological polar surface area (TPSA) is 35.6 Å². The van der Waals surface area contributed by atoms with E-state index in [4.69, 9.17) is 0 Å². The maximum Gasteiger partial charge on any atom is 0.317 e. The maximum atomic E-state index is 13.3. The smallest absolute Gasteiger partial charge is 0.317 e. The molecular weight excluding hydrogens is 312 g/mol. The molecule has 0 spiro atoms. The zero-order valence-electron chi connectivity index (χ0n) is 14.1. The molecule has 0 radical (unpaired) electrons. The SMILES string of the molecule is CNC(=O)N1CCC(C2CCN(Cc3ccc(F)c(F)c3)C2)CC1. The molecule has 2 aliphatic rings. The molecule has 1 unspecified atom stereocenters. The van der Waals surface area contributed by atoms with E-state index in [9.17, 15) is 13.6 Å². The van der Waals surface area contributed by atoms with Gasteiger partial charge in [0.25, 0.3) is 0 Å². The molecule has 3 rings (SSSR count). The summed E-state index contributed by atoms with van der Waals surface area (Å²) >= 11 is 0. The van der Waals surface area contributed by atoms with Crippen LogP contribution in [0.15, 0.2) is 18.2 Å². The molecule has 2 saturated heterocycles. The summed E-state index contributed by atoms with van der Waals surface area (Å²) in [5.41, 5.74) is 0.823. The highest BCUT2D eigenvalue weighted by Gasteiger charge is 2.32. The Hall–Kier alpha value is -1.69. The number of rotatable bonds is 3. The van der Waals surface area contributed by atoms with Crippen LogP contribution in [0, 0.1) is 23.5 Å². The van der Waals surface area contributed by atoms with Crippen molar-refractivity contribution in [3.05, 3.63) is 35.4 Å². The standard InChI is InChI=1S/C18H25F2N3O/c1-21-18(24)23-8-5-14(6-9-23)15-4-7-22(12-15)11-13-2-3-16(19)17(20)10-13/h2-3,10,14-15H,4-9,11-12H2,1H3,(H,21,24). The first-order chi connectivity index (χ1) is 11.6. The number of halogens is 2. The highest BCUT2D eigenvalue weighted by Crippen LogP contribution is 2.32. The van der Waals surface area contributed by atoms with Gasteiger partial charge in [-0.25, -0.2) is 13.6 Å². The van der Waals surface area contributed by atoms with Crippen molar-refractivity contribution >= 4 is 6.03 Å². The molecule has 4 nitrogen and oxygen atoms in total. The largest absolute Gasteiger partial charge is 0.341 e. The second-order valence-electron chi connectivity index (χ2n) is 6.91. The van der Waals surface area contributed by atoms with Crippen LogP contribution in [0.25, 0.3) is 0 Å². The van der Waals surface area contributed by atoms with Crippen molar-refractivity contribution < 1.29 is 13.6 Å². The Morgan fingerprint density at radius 1 is 1.12 bits per heavy atom. The second-order valence-corrected chi connectivity index (χ2v) is 6.91. The average Bonchev–Trinajstić information content (AvgIpc) is 3.06. The molecule has 24 heavy (non-hydrogen) atoms. The van der Waals surface area contributed by atoms with Gasteiger partial charge in [0.15, 0.2) is 11.6 Å². The number of hydrogen-bond acceptors (Lipinski definition) is 2. The van der Waals surface area contributed by atoms with E-state index < -0.39 is 11.6 Å². The quantitative estimate of drug-likeness (QED) is 0.921. The molecule has 2 aliphatic heterocycles. The molecule has 2 heterocycles. The molecule has 0 bridgehead atoms. The van der Waals surface area contributed by atoms with Gasteiger partial charge in [0.2, 0.25) is 0 Å². The first-order valence-corrected chi connectivity index (χ1v) is 8.69. The normalized spacial score (nSPS) is 22.8. The van der Waals surface area contributed by atoms with E-state index in [2.05, 4.69) is 10.2 Å². The van der Waals surface area contributed by atoms with Gasteiger partial charge in [-0.15, -0.1) is 0 Å². The van der Waals surface area contributed by atoms with Gasteiger partial charge < -0.3 is 10.2 Å². The Labute approximate surface area is 141 Å². The Kier molecular flexibility index (Phi) is 5.33. The summed E-state index contributed by atoms with van der Waals surface area (Å²) in [5, 5.41) is 2.68. The van der Waals surface area contributed by atoms with Crippen molar-refractivity contribution in [2.45, 2.75) is 25.8 Å². The van der Waals surface area contributed by atoms with Gasteiger partial charge in [0.05, 0.1) is 0 Å². The fraction of sp³-hybridized carbons (Fsp3) is 0.611. The second kappa shape index (κ2) is 7.47. The van der Waals surface area contributed by atoms with Gasteiger partial charge in [0, 0.05) is 33.2 Å². The number of hydrogen-bond donors (Lipinski definition) is 1. The Bertz CT molecular complexity index is 588. The molecule has 132 valence electrons. The minimum atomic E-state index is -0.791. The van der Waals surface area contributed by atoms with Crippen LogP contribution >= 0.6 is 0 Å². The lowest BCUT2D eigenvalue weighted by atomic mass is 9.84. The molecule has 0 aromatic heterocycles.